The standard InChI is InChI=1S/C17H17NO/c1-17(12-13-7-3-2-4-8-13)15-10-6-5-9-14(15)11-16(19)18-17/h2-10H,11-12H2,1H3,(H,18,19). The van der Waals surface area contributed by atoms with Crippen molar-refractivity contribution in [1.82, 2.24) is 5.32 Å². The van der Waals surface area contributed by atoms with E-state index >= 15 is 0 Å². The van der Waals surface area contributed by atoms with E-state index in [1.165, 1.54) is 11.1 Å². The Morgan fingerprint density at radius 1 is 1.05 bits per heavy atom. The van der Waals surface area contributed by atoms with Gasteiger partial charge in [0.25, 0.3) is 0 Å². The molecule has 1 amide bonds. The lowest BCUT2D eigenvalue weighted by molar-refractivity contribution is -0.123. The second-order valence-corrected chi connectivity index (χ2v) is 5.38. The van der Waals surface area contributed by atoms with Gasteiger partial charge in [0.1, 0.15) is 0 Å². The van der Waals surface area contributed by atoms with E-state index < -0.39 is 0 Å². The quantitative estimate of drug-likeness (QED) is 0.873. The molecule has 2 aromatic carbocycles. The van der Waals surface area contributed by atoms with Crippen LogP contribution in [0.25, 0.3) is 0 Å². The predicted molar refractivity (Wildman–Crippen MR) is 75.8 cm³/mol. The first kappa shape index (κ1) is 12.0. The number of carbonyl (C=O) groups excluding carboxylic acids is 1. The van der Waals surface area contributed by atoms with Gasteiger partial charge in [0.2, 0.25) is 5.91 Å². The average molecular weight is 251 g/mol. The van der Waals surface area contributed by atoms with E-state index in [2.05, 4.69) is 36.5 Å². The first-order valence-electron chi connectivity index (χ1n) is 6.61. The van der Waals surface area contributed by atoms with E-state index in [9.17, 15) is 4.79 Å². The maximum Gasteiger partial charge on any atom is 0.225 e. The van der Waals surface area contributed by atoms with Crippen LogP contribution in [0, 0.1) is 0 Å². The summed E-state index contributed by atoms with van der Waals surface area (Å²) in [6.07, 6.45) is 1.30. The van der Waals surface area contributed by atoms with Crippen LogP contribution in [-0.4, -0.2) is 5.91 Å². The number of hydrogen-bond acceptors (Lipinski definition) is 1. The summed E-state index contributed by atoms with van der Waals surface area (Å²) in [7, 11) is 0. The summed E-state index contributed by atoms with van der Waals surface area (Å²) in [5.41, 5.74) is 3.30. The molecular formula is C17H17NO. The van der Waals surface area contributed by atoms with Gasteiger partial charge >= 0.3 is 0 Å². The van der Waals surface area contributed by atoms with Crippen molar-refractivity contribution in [3.8, 4) is 0 Å². The Morgan fingerprint density at radius 2 is 1.74 bits per heavy atom. The molecule has 0 saturated heterocycles. The first-order valence-corrected chi connectivity index (χ1v) is 6.61. The first-order chi connectivity index (χ1) is 9.17. The van der Waals surface area contributed by atoms with Gasteiger partial charge in [-0.3, -0.25) is 4.79 Å². The maximum absolute atomic E-state index is 11.9. The summed E-state index contributed by atoms with van der Waals surface area (Å²) in [6, 6.07) is 18.5. The molecule has 0 radical (unpaired) electrons. The van der Waals surface area contributed by atoms with E-state index in [0.717, 1.165) is 12.0 Å². The van der Waals surface area contributed by atoms with Crippen molar-refractivity contribution in [2.75, 3.05) is 0 Å². The van der Waals surface area contributed by atoms with Gasteiger partial charge in [-0.2, -0.15) is 0 Å². The third kappa shape index (κ3) is 2.26. The Hall–Kier alpha value is -2.09. The van der Waals surface area contributed by atoms with Crippen molar-refractivity contribution in [1.29, 1.82) is 0 Å². The van der Waals surface area contributed by atoms with Crippen molar-refractivity contribution in [2.45, 2.75) is 25.3 Å². The molecule has 1 unspecified atom stereocenters. The topological polar surface area (TPSA) is 29.1 Å². The van der Waals surface area contributed by atoms with Crippen molar-refractivity contribution in [2.24, 2.45) is 0 Å². The maximum atomic E-state index is 11.9. The average Bonchev–Trinajstić information content (AvgIpc) is 2.39. The van der Waals surface area contributed by atoms with Crippen LogP contribution in [0.2, 0.25) is 0 Å². The molecule has 1 atom stereocenters. The van der Waals surface area contributed by atoms with Crippen LogP contribution in [0.3, 0.4) is 0 Å². The number of hydrogen-bond donors (Lipinski definition) is 1. The number of benzene rings is 2. The zero-order chi connectivity index (χ0) is 13.3. The van der Waals surface area contributed by atoms with Crippen LogP contribution in [0.5, 0.6) is 0 Å². The number of amides is 1. The van der Waals surface area contributed by atoms with Gasteiger partial charge in [-0.1, -0.05) is 54.6 Å². The summed E-state index contributed by atoms with van der Waals surface area (Å²) < 4.78 is 0. The summed E-state index contributed by atoms with van der Waals surface area (Å²) in [4.78, 5) is 11.9. The minimum Gasteiger partial charge on any atom is -0.346 e. The Bertz CT molecular complexity index is 606. The molecular weight excluding hydrogens is 234 g/mol. The molecule has 0 saturated carbocycles. The minimum absolute atomic E-state index is 0.108. The summed E-state index contributed by atoms with van der Waals surface area (Å²) in [5.74, 6) is 0.108. The summed E-state index contributed by atoms with van der Waals surface area (Å²) in [6.45, 7) is 2.11. The monoisotopic (exact) mass is 251 g/mol. The molecule has 3 rings (SSSR count). The van der Waals surface area contributed by atoms with Crippen LogP contribution in [0.4, 0.5) is 0 Å². The van der Waals surface area contributed by atoms with E-state index in [1.807, 2.05) is 30.3 Å². The number of carbonyl (C=O) groups is 1. The van der Waals surface area contributed by atoms with Gasteiger partial charge in [0.15, 0.2) is 0 Å². The molecule has 1 aliphatic heterocycles. The third-order valence-electron chi connectivity index (χ3n) is 3.78. The van der Waals surface area contributed by atoms with Gasteiger partial charge in [-0.05, 0) is 30.0 Å². The molecule has 2 nitrogen and oxygen atoms in total. The van der Waals surface area contributed by atoms with Crippen molar-refractivity contribution >= 4 is 5.91 Å². The second kappa shape index (κ2) is 4.54. The van der Waals surface area contributed by atoms with Crippen molar-refractivity contribution in [3.63, 3.8) is 0 Å². The molecule has 0 fully saturated rings. The highest BCUT2D eigenvalue weighted by molar-refractivity contribution is 5.82. The fraction of sp³-hybridized carbons (Fsp3) is 0.235. The second-order valence-electron chi connectivity index (χ2n) is 5.38. The highest BCUT2D eigenvalue weighted by Gasteiger charge is 2.34. The Balaban J connectivity index is 2.01. The van der Waals surface area contributed by atoms with E-state index in [1.54, 1.807) is 0 Å². The molecule has 0 spiro atoms. The van der Waals surface area contributed by atoms with Crippen molar-refractivity contribution in [3.05, 3.63) is 71.3 Å². The number of rotatable bonds is 2. The van der Waals surface area contributed by atoms with Crippen LogP contribution in [-0.2, 0) is 23.2 Å². The van der Waals surface area contributed by atoms with Gasteiger partial charge in [-0.25, -0.2) is 0 Å². The van der Waals surface area contributed by atoms with Crippen LogP contribution in [0.15, 0.2) is 54.6 Å². The molecule has 1 heterocycles. The number of nitrogens with one attached hydrogen (secondary N) is 1. The van der Waals surface area contributed by atoms with E-state index in [-0.39, 0.29) is 11.4 Å². The smallest absolute Gasteiger partial charge is 0.225 e. The van der Waals surface area contributed by atoms with Crippen molar-refractivity contribution < 1.29 is 4.79 Å². The summed E-state index contributed by atoms with van der Waals surface area (Å²) in [5, 5.41) is 3.16. The third-order valence-corrected chi connectivity index (χ3v) is 3.78. The Morgan fingerprint density at radius 3 is 2.53 bits per heavy atom. The minimum atomic E-state index is -0.312. The van der Waals surface area contributed by atoms with Gasteiger partial charge in [0.05, 0.1) is 12.0 Å². The van der Waals surface area contributed by atoms with Gasteiger partial charge in [-0.15, -0.1) is 0 Å². The lowest BCUT2D eigenvalue weighted by Gasteiger charge is -2.37. The van der Waals surface area contributed by atoms with Gasteiger partial charge < -0.3 is 5.32 Å². The molecule has 2 aromatic rings. The zero-order valence-corrected chi connectivity index (χ0v) is 11.0. The molecule has 96 valence electrons. The Labute approximate surface area is 113 Å². The SMILES string of the molecule is CC1(Cc2ccccc2)NC(=O)Cc2ccccc21. The fourth-order valence-corrected chi connectivity index (χ4v) is 2.95. The molecule has 1 N–H and O–H groups in total. The molecule has 1 aliphatic rings. The van der Waals surface area contributed by atoms with E-state index in [4.69, 9.17) is 0 Å². The molecule has 0 aliphatic carbocycles. The zero-order valence-electron chi connectivity index (χ0n) is 11.0. The Kier molecular flexibility index (Phi) is 2.86. The predicted octanol–water partition coefficient (Wildman–Crippen LogP) is 2.82. The van der Waals surface area contributed by atoms with Gasteiger partial charge in [0, 0.05) is 0 Å². The molecule has 2 heteroatoms. The van der Waals surface area contributed by atoms with Crippen LogP contribution in [0.1, 0.15) is 23.6 Å². The molecule has 19 heavy (non-hydrogen) atoms. The molecule has 0 bridgehead atoms. The largest absolute Gasteiger partial charge is 0.346 e. The highest BCUT2D eigenvalue weighted by atomic mass is 16.1. The number of fused-ring (bicyclic) bond motifs is 1. The van der Waals surface area contributed by atoms with Crippen LogP contribution >= 0.6 is 0 Å². The normalized spacial score (nSPS) is 21.6. The summed E-state index contributed by atoms with van der Waals surface area (Å²) >= 11 is 0. The van der Waals surface area contributed by atoms with Crippen LogP contribution < -0.4 is 5.32 Å². The lowest BCUT2D eigenvalue weighted by Crippen LogP contribution is -2.49. The fourth-order valence-electron chi connectivity index (χ4n) is 2.95. The highest BCUT2D eigenvalue weighted by Crippen LogP contribution is 2.31. The molecule has 0 aromatic heterocycles. The van der Waals surface area contributed by atoms with E-state index in [0.29, 0.717) is 6.42 Å². The lowest BCUT2D eigenvalue weighted by atomic mass is 9.79.